The van der Waals surface area contributed by atoms with Gasteiger partial charge in [-0.2, -0.15) is 0 Å². The first-order valence-corrected chi connectivity index (χ1v) is 16.9. The Kier molecular flexibility index (Phi) is 5.19. The summed E-state index contributed by atoms with van der Waals surface area (Å²) in [5.41, 5.74) is 11.7. The molecule has 2 bridgehead atoms. The highest BCUT2D eigenvalue weighted by Gasteiger charge is 2.61. The first-order valence-electron chi connectivity index (χ1n) is 16.9. The van der Waals surface area contributed by atoms with E-state index in [0.29, 0.717) is 5.92 Å². The molecular weight excluding hydrogens is 553 g/mol. The molecule has 0 radical (unpaired) electrons. The maximum atomic E-state index is 2.56. The van der Waals surface area contributed by atoms with Gasteiger partial charge in [0, 0.05) is 0 Å². The monoisotopic (exact) mass is 588 g/mol. The van der Waals surface area contributed by atoms with Crippen molar-refractivity contribution in [1.29, 1.82) is 0 Å². The van der Waals surface area contributed by atoms with Crippen LogP contribution in [0.3, 0.4) is 0 Å². The fourth-order valence-electron chi connectivity index (χ4n) is 9.86. The lowest BCUT2D eigenvalue weighted by molar-refractivity contribution is 0.231. The molecule has 10 rings (SSSR count). The highest BCUT2D eigenvalue weighted by Crippen LogP contribution is 2.71. The maximum Gasteiger partial charge on any atom is -0.000867 e. The van der Waals surface area contributed by atoms with Crippen molar-refractivity contribution in [1.82, 2.24) is 0 Å². The zero-order valence-corrected chi connectivity index (χ0v) is 26.7. The van der Waals surface area contributed by atoms with Crippen molar-refractivity contribution in [3.8, 4) is 33.4 Å². The molecule has 0 N–H and O–H groups in total. The molecule has 0 aliphatic heterocycles. The molecule has 220 valence electrons. The lowest BCUT2D eigenvalue weighted by Gasteiger charge is -2.37. The zero-order valence-electron chi connectivity index (χ0n) is 26.7. The van der Waals surface area contributed by atoms with Crippen LogP contribution in [0.1, 0.15) is 50.7 Å². The van der Waals surface area contributed by atoms with E-state index in [1.807, 2.05) is 0 Å². The van der Waals surface area contributed by atoms with E-state index in [-0.39, 0.29) is 10.8 Å². The molecule has 0 aromatic heterocycles. The minimum absolute atomic E-state index is 0.126. The second-order valence-corrected chi connectivity index (χ2v) is 14.6. The standard InChI is InChI=1S/C46H36/c1-45(2)38-25-26-46(45,3)44-42(29-13-8-5-9-14-29)36-24-21-33(27-37(36)41(43(38)44)28-11-6-4-7-12-28)34-22-19-32-18-17-30-15-10-16-31-20-23-35(34)40(32)39(30)31/h4-24,27,38H,25-26H2,1-3H3. The number of fused-ring (bicyclic) bond motifs is 6. The molecule has 0 heterocycles. The normalized spacial score (nSPS) is 19.9. The van der Waals surface area contributed by atoms with Gasteiger partial charge in [-0.3, -0.25) is 0 Å². The largest absolute Gasteiger partial charge is 0.0622 e. The topological polar surface area (TPSA) is 0 Å². The van der Waals surface area contributed by atoms with Gasteiger partial charge in [0.05, 0.1) is 0 Å². The summed E-state index contributed by atoms with van der Waals surface area (Å²) in [5, 5.41) is 10.8. The number of hydrogen-bond acceptors (Lipinski definition) is 0. The first kappa shape index (κ1) is 26.3. The highest BCUT2D eigenvalue weighted by atomic mass is 14.6. The van der Waals surface area contributed by atoms with Crippen LogP contribution >= 0.6 is 0 Å². The van der Waals surface area contributed by atoms with Gasteiger partial charge in [0.1, 0.15) is 0 Å². The van der Waals surface area contributed by atoms with E-state index in [1.165, 1.54) is 89.3 Å². The van der Waals surface area contributed by atoms with Crippen LogP contribution in [0.15, 0.2) is 133 Å². The summed E-state index contributed by atoms with van der Waals surface area (Å²) in [7, 11) is 0. The molecule has 2 aliphatic rings. The van der Waals surface area contributed by atoms with Gasteiger partial charge in [-0.25, -0.2) is 0 Å². The lowest BCUT2D eigenvalue weighted by Crippen LogP contribution is -2.31. The van der Waals surface area contributed by atoms with Gasteiger partial charge in [0.15, 0.2) is 0 Å². The minimum Gasteiger partial charge on any atom is -0.0622 e. The number of hydrogen-bond donors (Lipinski definition) is 0. The highest BCUT2D eigenvalue weighted by molar-refractivity contribution is 6.25. The smallest absolute Gasteiger partial charge is 0.000867 e. The van der Waals surface area contributed by atoms with Crippen molar-refractivity contribution in [3.05, 3.63) is 145 Å². The molecule has 2 unspecified atom stereocenters. The van der Waals surface area contributed by atoms with Crippen LogP contribution in [0, 0.1) is 5.41 Å². The van der Waals surface area contributed by atoms with Gasteiger partial charge in [0.25, 0.3) is 0 Å². The summed E-state index contributed by atoms with van der Waals surface area (Å²) < 4.78 is 0. The van der Waals surface area contributed by atoms with Crippen LogP contribution in [0.4, 0.5) is 0 Å². The van der Waals surface area contributed by atoms with E-state index in [2.05, 4.69) is 154 Å². The Morgan fingerprint density at radius 3 is 1.83 bits per heavy atom. The van der Waals surface area contributed by atoms with E-state index in [1.54, 1.807) is 11.1 Å². The van der Waals surface area contributed by atoms with Crippen LogP contribution in [-0.4, -0.2) is 0 Å². The predicted octanol–water partition coefficient (Wildman–Crippen LogP) is 12.9. The van der Waals surface area contributed by atoms with E-state index in [0.717, 1.165) is 0 Å². The van der Waals surface area contributed by atoms with Crippen LogP contribution < -0.4 is 0 Å². The van der Waals surface area contributed by atoms with Crippen molar-refractivity contribution in [2.45, 2.75) is 44.9 Å². The number of rotatable bonds is 3. The molecule has 0 nitrogen and oxygen atoms in total. The van der Waals surface area contributed by atoms with Crippen molar-refractivity contribution in [2.24, 2.45) is 5.41 Å². The Balaban J connectivity index is 1.35. The summed E-state index contributed by atoms with van der Waals surface area (Å²) in [4.78, 5) is 0. The minimum atomic E-state index is 0.126. The molecule has 0 spiro atoms. The van der Waals surface area contributed by atoms with Crippen molar-refractivity contribution in [3.63, 3.8) is 0 Å². The summed E-state index contributed by atoms with van der Waals surface area (Å²) in [6.45, 7) is 7.63. The summed E-state index contributed by atoms with van der Waals surface area (Å²) in [6.07, 6.45) is 2.50. The third-order valence-corrected chi connectivity index (χ3v) is 12.4. The Labute approximate surface area is 270 Å². The SMILES string of the molecule is CC12CCC(c3c1c(-c1ccccc1)c1ccc(-c4ccc5ccc6cccc7ccc4c5c67)cc1c3-c1ccccc1)C2(C)C. The molecule has 0 saturated heterocycles. The second kappa shape index (κ2) is 9.08. The van der Waals surface area contributed by atoms with Crippen molar-refractivity contribution in [2.75, 3.05) is 0 Å². The summed E-state index contributed by atoms with van der Waals surface area (Å²) in [6, 6.07) is 50.4. The quantitative estimate of drug-likeness (QED) is 0.180. The van der Waals surface area contributed by atoms with Crippen LogP contribution in [0.5, 0.6) is 0 Å². The molecule has 46 heavy (non-hydrogen) atoms. The maximum absolute atomic E-state index is 2.56. The van der Waals surface area contributed by atoms with E-state index >= 15 is 0 Å². The van der Waals surface area contributed by atoms with Crippen LogP contribution in [0.2, 0.25) is 0 Å². The second-order valence-electron chi connectivity index (χ2n) is 14.6. The zero-order chi connectivity index (χ0) is 30.8. The van der Waals surface area contributed by atoms with Crippen LogP contribution in [0.25, 0.3) is 76.5 Å². The Morgan fingerprint density at radius 1 is 0.500 bits per heavy atom. The third-order valence-electron chi connectivity index (χ3n) is 12.4. The first-order chi connectivity index (χ1) is 22.5. The fourth-order valence-corrected chi connectivity index (χ4v) is 9.86. The predicted molar refractivity (Wildman–Crippen MR) is 197 cm³/mol. The molecule has 2 atom stereocenters. The van der Waals surface area contributed by atoms with Gasteiger partial charge >= 0.3 is 0 Å². The molecular formula is C46H36. The molecule has 0 heteroatoms. The Morgan fingerprint density at radius 2 is 1.11 bits per heavy atom. The van der Waals surface area contributed by atoms with E-state index in [9.17, 15) is 0 Å². The van der Waals surface area contributed by atoms with Gasteiger partial charge < -0.3 is 0 Å². The molecule has 8 aromatic rings. The van der Waals surface area contributed by atoms with Crippen molar-refractivity contribution < 1.29 is 0 Å². The van der Waals surface area contributed by atoms with Gasteiger partial charge in [-0.15, -0.1) is 0 Å². The Hall–Kier alpha value is -4.94. The summed E-state index contributed by atoms with van der Waals surface area (Å²) >= 11 is 0. The van der Waals surface area contributed by atoms with E-state index < -0.39 is 0 Å². The molecule has 0 amide bonds. The molecule has 2 aliphatic carbocycles. The average molecular weight is 589 g/mol. The van der Waals surface area contributed by atoms with Gasteiger partial charge in [0.2, 0.25) is 0 Å². The van der Waals surface area contributed by atoms with Crippen LogP contribution in [-0.2, 0) is 5.41 Å². The molecule has 1 fully saturated rings. The Bertz CT molecular complexity index is 2480. The summed E-state index contributed by atoms with van der Waals surface area (Å²) in [5.74, 6) is 0.535. The fraction of sp³-hybridized carbons (Fsp3) is 0.174. The number of benzene rings is 8. The van der Waals surface area contributed by atoms with Gasteiger partial charge in [-0.1, -0.05) is 148 Å². The lowest BCUT2D eigenvalue weighted by atomic mass is 9.67. The van der Waals surface area contributed by atoms with Gasteiger partial charge in [-0.05, 0) is 123 Å². The average Bonchev–Trinajstić information content (AvgIpc) is 3.43. The molecule has 1 saturated carbocycles. The van der Waals surface area contributed by atoms with E-state index in [4.69, 9.17) is 0 Å². The van der Waals surface area contributed by atoms with Crippen molar-refractivity contribution >= 4 is 43.1 Å². The molecule has 8 aromatic carbocycles. The third kappa shape index (κ3) is 3.24.